The van der Waals surface area contributed by atoms with Gasteiger partial charge in [0.25, 0.3) is 0 Å². The first-order valence-corrected chi connectivity index (χ1v) is 45.8. The van der Waals surface area contributed by atoms with Crippen molar-refractivity contribution in [3.63, 3.8) is 0 Å². The first-order chi connectivity index (χ1) is 49.2. The Balaban J connectivity index is 5.27. The van der Waals surface area contributed by atoms with Crippen LogP contribution in [0.3, 0.4) is 0 Å². The summed E-state index contributed by atoms with van der Waals surface area (Å²) in [5, 5.41) is 10.7. The Morgan fingerprint density at radius 2 is 0.451 bits per heavy atom. The fourth-order valence-corrected chi connectivity index (χ4v) is 14.4. The molecule has 0 aromatic heterocycles. The van der Waals surface area contributed by atoms with Gasteiger partial charge in [0.2, 0.25) is 0 Å². The number of carbonyl (C=O) groups is 4. The van der Waals surface area contributed by atoms with E-state index in [1.54, 1.807) is 0 Å². The number of phosphoric acid groups is 2. The molecule has 0 saturated heterocycles. The number of hydrogen-bond acceptors (Lipinski definition) is 15. The van der Waals surface area contributed by atoms with Gasteiger partial charge in [-0.3, -0.25) is 37.3 Å². The van der Waals surface area contributed by atoms with E-state index in [0.29, 0.717) is 25.7 Å². The molecule has 2 unspecified atom stereocenters. The molecule has 0 bridgehead atoms. The minimum atomic E-state index is -4.96. The molecule has 0 rings (SSSR count). The smallest absolute Gasteiger partial charge is 0.462 e. The third-order valence-corrected chi connectivity index (χ3v) is 21.3. The van der Waals surface area contributed by atoms with Crippen LogP contribution in [0.25, 0.3) is 0 Å². The number of aliphatic hydroxyl groups excluding tert-OH is 1. The number of rotatable bonds is 81. The van der Waals surface area contributed by atoms with E-state index in [2.05, 4.69) is 48.5 Å². The van der Waals surface area contributed by atoms with Gasteiger partial charge in [0.1, 0.15) is 19.3 Å². The molecule has 606 valence electrons. The molecule has 17 nitrogen and oxygen atoms in total. The molecule has 0 aliphatic heterocycles. The summed E-state index contributed by atoms with van der Waals surface area (Å²) in [6, 6.07) is 0. The zero-order valence-electron chi connectivity index (χ0n) is 67.1. The topological polar surface area (TPSA) is 237 Å². The molecule has 0 amide bonds. The van der Waals surface area contributed by atoms with Crippen LogP contribution in [0.15, 0.2) is 0 Å². The number of unbranched alkanes of at least 4 members (excludes halogenated alkanes) is 49. The van der Waals surface area contributed by atoms with Crippen LogP contribution >= 0.6 is 15.6 Å². The van der Waals surface area contributed by atoms with Crippen molar-refractivity contribution in [2.24, 2.45) is 17.8 Å². The van der Waals surface area contributed by atoms with Crippen LogP contribution in [0.2, 0.25) is 0 Å². The summed E-state index contributed by atoms with van der Waals surface area (Å²) in [4.78, 5) is 73.2. The van der Waals surface area contributed by atoms with E-state index in [9.17, 15) is 43.2 Å². The molecule has 0 aromatic carbocycles. The quantitative estimate of drug-likeness (QED) is 0.0222. The number of aliphatic hydroxyl groups is 1. The predicted molar refractivity (Wildman–Crippen MR) is 418 cm³/mol. The second-order valence-corrected chi connectivity index (χ2v) is 34.2. The van der Waals surface area contributed by atoms with Crippen LogP contribution in [0, 0.1) is 17.8 Å². The van der Waals surface area contributed by atoms with Crippen LogP contribution < -0.4 is 0 Å². The molecular formula is C83H162O17P2. The van der Waals surface area contributed by atoms with Crippen LogP contribution in [0.5, 0.6) is 0 Å². The number of carbonyl (C=O) groups excluding carboxylic acids is 4. The third kappa shape index (κ3) is 76.3. The molecule has 0 radical (unpaired) electrons. The lowest BCUT2D eigenvalue weighted by Gasteiger charge is -2.21. The highest BCUT2D eigenvalue weighted by Crippen LogP contribution is 2.45. The molecule has 102 heavy (non-hydrogen) atoms. The molecule has 0 spiro atoms. The van der Waals surface area contributed by atoms with Gasteiger partial charge in [-0.2, -0.15) is 0 Å². The largest absolute Gasteiger partial charge is 0.472 e. The highest BCUT2D eigenvalue weighted by atomic mass is 31.2. The van der Waals surface area contributed by atoms with E-state index >= 15 is 0 Å². The normalized spacial score (nSPS) is 13.9. The summed E-state index contributed by atoms with van der Waals surface area (Å²) in [5.41, 5.74) is 0. The van der Waals surface area contributed by atoms with Crippen molar-refractivity contribution in [1.82, 2.24) is 0 Å². The van der Waals surface area contributed by atoms with Gasteiger partial charge < -0.3 is 33.8 Å². The number of hydrogen-bond donors (Lipinski definition) is 3. The van der Waals surface area contributed by atoms with Gasteiger partial charge in [0.15, 0.2) is 12.2 Å². The number of ether oxygens (including phenoxy) is 4. The summed E-state index contributed by atoms with van der Waals surface area (Å²) in [6.07, 6.45) is 62.3. The minimum Gasteiger partial charge on any atom is -0.462 e. The second-order valence-electron chi connectivity index (χ2n) is 31.3. The number of esters is 4. The fraction of sp³-hybridized carbons (Fsp3) is 0.952. The maximum Gasteiger partial charge on any atom is 0.472 e. The van der Waals surface area contributed by atoms with Gasteiger partial charge in [0.05, 0.1) is 26.4 Å². The van der Waals surface area contributed by atoms with E-state index in [1.807, 2.05) is 0 Å². The summed E-state index contributed by atoms with van der Waals surface area (Å²) in [6.45, 7) is 12.0. The van der Waals surface area contributed by atoms with E-state index in [-0.39, 0.29) is 25.7 Å². The molecule has 19 heteroatoms. The van der Waals surface area contributed by atoms with Gasteiger partial charge >= 0.3 is 39.5 Å². The Bertz CT molecular complexity index is 1970. The van der Waals surface area contributed by atoms with Crippen molar-refractivity contribution in [3.8, 4) is 0 Å². The SMILES string of the molecule is CCCCCCCCCCCCCCCCCCC(=O)O[C@H](COC(=O)CCCCCCCCCCCC(C)C)COP(=O)(O)OC[C@H](O)COP(=O)(O)OC[C@@H](COC(=O)CCCCCCCCCCCCCCCC(C)C)OC(=O)CCCCCCCCCCCCCCCCCC(C)C. The molecule has 0 saturated carbocycles. The molecular weight excluding hydrogens is 1330 g/mol. The van der Waals surface area contributed by atoms with Crippen molar-refractivity contribution in [2.45, 2.75) is 452 Å². The predicted octanol–water partition coefficient (Wildman–Crippen LogP) is 24.9. The van der Waals surface area contributed by atoms with Crippen LogP contribution in [-0.2, 0) is 65.4 Å². The first-order valence-electron chi connectivity index (χ1n) is 42.8. The zero-order chi connectivity index (χ0) is 75.1. The van der Waals surface area contributed by atoms with Crippen molar-refractivity contribution < 1.29 is 80.2 Å². The van der Waals surface area contributed by atoms with Gasteiger partial charge in [-0.15, -0.1) is 0 Å². The molecule has 0 aliphatic rings. The molecule has 0 heterocycles. The Morgan fingerprint density at radius 3 is 0.667 bits per heavy atom. The third-order valence-electron chi connectivity index (χ3n) is 19.4. The molecule has 0 aromatic rings. The van der Waals surface area contributed by atoms with Gasteiger partial charge in [-0.1, -0.05) is 382 Å². The van der Waals surface area contributed by atoms with Gasteiger partial charge in [0, 0.05) is 25.7 Å². The van der Waals surface area contributed by atoms with Crippen LogP contribution in [0.1, 0.15) is 434 Å². The first kappa shape index (κ1) is 100. The highest BCUT2D eigenvalue weighted by Gasteiger charge is 2.30. The Labute approximate surface area is 626 Å². The summed E-state index contributed by atoms with van der Waals surface area (Å²) >= 11 is 0. The average molecular weight is 1490 g/mol. The van der Waals surface area contributed by atoms with E-state index < -0.39 is 97.5 Å². The van der Waals surface area contributed by atoms with Crippen molar-refractivity contribution in [1.29, 1.82) is 0 Å². The van der Waals surface area contributed by atoms with Crippen LogP contribution in [-0.4, -0.2) is 96.7 Å². The Morgan fingerprint density at radius 1 is 0.265 bits per heavy atom. The van der Waals surface area contributed by atoms with Gasteiger partial charge in [-0.25, -0.2) is 9.13 Å². The standard InChI is InChI=1S/C83H162O17P2/c1-8-9-10-11-12-13-14-15-16-19-24-30-37-45-52-59-66-83(88)100-79(71-94-81(86)65-58-51-44-39-32-35-42-49-56-63-76(6)7)73-98-102(91,92)96-69-77(84)68-95-101(89,90)97-72-78(70-93-80(85)64-57-50-43-36-29-26-21-23-28-34-41-48-55-62-75(4)5)99-82(87)67-60-53-46-38-31-25-20-17-18-22-27-33-40-47-54-61-74(2)3/h74-79,84H,8-73H2,1-7H3,(H,89,90)(H,91,92)/t77-,78-,79-/m1/s1. The van der Waals surface area contributed by atoms with Crippen molar-refractivity contribution >= 4 is 39.5 Å². The maximum atomic E-state index is 13.1. The van der Waals surface area contributed by atoms with E-state index in [4.69, 9.17) is 37.0 Å². The summed E-state index contributed by atoms with van der Waals surface area (Å²) in [7, 11) is -9.93. The van der Waals surface area contributed by atoms with Crippen molar-refractivity contribution in [3.05, 3.63) is 0 Å². The Hall–Kier alpha value is -1.94. The zero-order valence-corrected chi connectivity index (χ0v) is 68.9. The fourth-order valence-electron chi connectivity index (χ4n) is 12.8. The average Bonchev–Trinajstić information content (AvgIpc) is 0.906. The van der Waals surface area contributed by atoms with Crippen LogP contribution in [0.4, 0.5) is 0 Å². The van der Waals surface area contributed by atoms with Gasteiger partial charge in [-0.05, 0) is 43.4 Å². The molecule has 3 N–H and O–H groups in total. The monoisotopic (exact) mass is 1490 g/mol. The second kappa shape index (κ2) is 73.2. The highest BCUT2D eigenvalue weighted by molar-refractivity contribution is 7.47. The lowest BCUT2D eigenvalue weighted by molar-refractivity contribution is -0.161. The van der Waals surface area contributed by atoms with E-state index in [0.717, 1.165) is 108 Å². The number of phosphoric ester groups is 2. The molecule has 0 fully saturated rings. The minimum absolute atomic E-state index is 0.108. The lowest BCUT2D eigenvalue weighted by Crippen LogP contribution is -2.30. The summed E-state index contributed by atoms with van der Waals surface area (Å²) < 4.78 is 68.8. The maximum absolute atomic E-state index is 13.1. The molecule has 5 atom stereocenters. The van der Waals surface area contributed by atoms with E-state index in [1.165, 1.54) is 244 Å². The van der Waals surface area contributed by atoms with Crippen molar-refractivity contribution in [2.75, 3.05) is 39.6 Å². The lowest BCUT2D eigenvalue weighted by atomic mass is 10.0. The molecule has 0 aliphatic carbocycles. The Kier molecular flexibility index (Phi) is 71.8. The summed E-state index contributed by atoms with van der Waals surface area (Å²) in [5.74, 6) is 0.231.